The lowest BCUT2D eigenvalue weighted by atomic mass is 9.80. The van der Waals surface area contributed by atoms with E-state index in [1.54, 1.807) is 6.08 Å². The van der Waals surface area contributed by atoms with Crippen molar-refractivity contribution in [1.82, 2.24) is 0 Å². The van der Waals surface area contributed by atoms with Crippen LogP contribution in [0.1, 0.15) is 25.8 Å². The molecule has 86 valence electrons. The average Bonchev–Trinajstić information content (AvgIpc) is 2.21. The molecule has 0 saturated heterocycles. The van der Waals surface area contributed by atoms with Gasteiger partial charge in [-0.1, -0.05) is 43.7 Å². The standard InChI is InChI=1S/C14H17ClO/c1-4-5-13(16)14(2,3)10-11-6-8-12(15)9-7-11/h4,6-9H,1,5,10H2,2-3H3. The number of rotatable bonds is 5. The van der Waals surface area contributed by atoms with Crippen LogP contribution in [0.4, 0.5) is 0 Å². The summed E-state index contributed by atoms with van der Waals surface area (Å²) in [4.78, 5) is 11.8. The Morgan fingerprint density at radius 1 is 1.38 bits per heavy atom. The molecule has 1 aromatic rings. The summed E-state index contributed by atoms with van der Waals surface area (Å²) in [6.45, 7) is 7.53. The molecule has 2 heteroatoms. The summed E-state index contributed by atoms with van der Waals surface area (Å²) in [6.07, 6.45) is 2.82. The number of halogens is 1. The van der Waals surface area contributed by atoms with Gasteiger partial charge in [-0.25, -0.2) is 0 Å². The molecule has 0 fully saturated rings. The van der Waals surface area contributed by atoms with Crippen LogP contribution in [0, 0.1) is 5.41 Å². The van der Waals surface area contributed by atoms with Crippen LogP contribution in [-0.2, 0) is 11.2 Å². The van der Waals surface area contributed by atoms with Crippen molar-refractivity contribution in [3.63, 3.8) is 0 Å². The second kappa shape index (κ2) is 5.31. The number of Topliss-reactive ketones (excluding diaryl/α,β-unsaturated/α-hetero) is 1. The highest BCUT2D eigenvalue weighted by Gasteiger charge is 2.26. The average molecular weight is 237 g/mol. The van der Waals surface area contributed by atoms with Crippen LogP contribution in [0.25, 0.3) is 0 Å². The zero-order valence-corrected chi connectivity index (χ0v) is 10.6. The molecule has 0 aromatic heterocycles. The van der Waals surface area contributed by atoms with E-state index in [-0.39, 0.29) is 11.2 Å². The molecule has 0 aliphatic rings. The molecule has 0 saturated carbocycles. The zero-order chi connectivity index (χ0) is 12.2. The number of benzene rings is 1. The Labute approximate surface area is 102 Å². The predicted octanol–water partition coefficient (Wildman–Crippen LogP) is 4.05. The van der Waals surface area contributed by atoms with Gasteiger partial charge in [0.15, 0.2) is 0 Å². The Morgan fingerprint density at radius 3 is 2.44 bits per heavy atom. The van der Waals surface area contributed by atoms with Gasteiger partial charge in [0.05, 0.1) is 0 Å². The number of ketones is 1. The normalized spacial score (nSPS) is 11.2. The van der Waals surface area contributed by atoms with E-state index < -0.39 is 0 Å². The Kier molecular flexibility index (Phi) is 4.31. The maximum Gasteiger partial charge on any atom is 0.142 e. The molecule has 16 heavy (non-hydrogen) atoms. The van der Waals surface area contributed by atoms with Crippen molar-refractivity contribution in [2.45, 2.75) is 26.7 Å². The number of carbonyl (C=O) groups is 1. The molecule has 0 atom stereocenters. The Balaban J connectivity index is 2.75. The monoisotopic (exact) mass is 236 g/mol. The quantitative estimate of drug-likeness (QED) is 0.705. The maximum absolute atomic E-state index is 11.8. The van der Waals surface area contributed by atoms with Crippen LogP contribution in [0.5, 0.6) is 0 Å². The number of hydrogen-bond acceptors (Lipinski definition) is 1. The topological polar surface area (TPSA) is 17.1 Å². The summed E-state index contributed by atoms with van der Waals surface area (Å²) >= 11 is 5.81. The van der Waals surface area contributed by atoms with Crippen molar-refractivity contribution < 1.29 is 4.79 Å². The molecule has 0 bridgehead atoms. The third kappa shape index (κ3) is 3.49. The molecule has 0 aliphatic carbocycles. The summed E-state index contributed by atoms with van der Waals surface area (Å²) in [6, 6.07) is 7.63. The lowest BCUT2D eigenvalue weighted by Crippen LogP contribution is -2.26. The molecule has 1 nitrogen and oxygen atoms in total. The SMILES string of the molecule is C=CCC(=O)C(C)(C)Cc1ccc(Cl)cc1. The van der Waals surface area contributed by atoms with E-state index >= 15 is 0 Å². The first-order valence-corrected chi connectivity index (χ1v) is 5.72. The van der Waals surface area contributed by atoms with E-state index in [2.05, 4.69) is 6.58 Å². The van der Waals surface area contributed by atoms with Gasteiger partial charge in [0.25, 0.3) is 0 Å². The summed E-state index contributed by atoms with van der Waals surface area (Å²) < 4.78 is 0. The van der Waals surface area contributed by atoms with Gasteiger partial charge in [-0.15, -0.1) is 6.58 Å². The minimum Gasteiger partial charge on any atom is -0.299 e. The first kappa shape index (κ1) is 13.0. The Hall–Kier alpha value is -1.08. The van der Waals surface area contributed by atoms with Gasteiger partial charge in [0, 0.05) is 16.9 Å². The van der Waals surface area contributed by atoms with Crippen molar-refractivity contribution in [1.29, 1.82) is 0 Å². The van der Waals surface area contributed by atoms with E-state index in [1.807, 2.05) is 38.1 Å². The molecule has 1 rings (SSSR count). The molecule has 1 aromatic carbocycles. The molecule has 0 spiro atoms. The van der Waals surface area contributed by atoms with Gasteiger partial charge in [-0.3, -0.25) is 4.79 Å². The van der Waals surface area contributed by atoms with E-state index in [0.717, 1.165) is 17.0 Å². The summed E-state index contributed by atoms with van der Waals surface area (Å²) in [5.41, 5.74) is 0.786. The molecule has 0 aliphatic heterocycles. The van der Waals surface area contributed by atoms with Crippen molar-refractivity contribution >= 4 is 17.4 Å². The van der Waals surface area contributed by atoms with Gasteiger partial charge in [-0.2, -0.15) is 0 Å². The van der Waals surface area contributed by atoms with Crippen LogP contribution < -0.4 is 0 Å². The maximum atomic E-state index is 11.8. The van der Waals surface area contributed by atoms with Gasteiger partial charge in [0.2, 0.25) is 0 Å². The highest BCUT2D eigenvalue weighted by atomic mass is 35.5. The predicted molar refractivity (Wildman–Crippen MR) is 68.8 cm³/mol. The highest BCUT2D eigenvalue weighted by molar-refractivity contribution is 6.30. The second-order valence-corrected chi connectivity index (χ2v) is 5.04. The van der Waals surface area contributed by atoms with Crippen LogP contribution in [0.15, 0.2) is 36.9 Å². The van der Waals surface area contributed by atoms with E-state index in [9.17, 15) is 4.79 Å². The van der Waals surface area contributed by atoms with Gasteiger partial charge < -0.3 is 0 Å². The van der Waals surface area contributed by atoms with E-state index in [0.29, 0.717) is 6.42 Å². The zero-order valence-electron chi connectivity index (χ0n) is 9.79. The summed E-state index contributed by atoms with van der Waals surface area (Å²) in [5, 5.41) is 0.721. The van der Waals surface area contributed by atoms with Crippen LogP contribution in [-0.4, -0.2) is 5.78 Å². The van der Waals surface area contributed by atoms with Crippen molar-refractivity contribution in [3.05, 3.63) is 47.5 Å². The third-order valence-corrected chi connectivity index (χ3v) is 2.90. The van der Waals surface area contributed by atoms with Crippen molar-refractivity contribution in [2.75, 3.05) is 0 Å². The van der Waals surface area contributed by atoms with Crippen LogP contribution in [0.2, 0.25) is 5.02 Å². The van der Waals surface area contributed by atoms with Crippen molar-refractivity contribution in [2.24, 2.45) is 5.41 Å². The number of allylic oxidation sites excluding steroid dienone is 1. The molecule has 0 amide bonds. The van der Waals surface area contributed by atoms with Crippen molar-refractivity contribution in [3.8, 4) is 0 Å². The van der Waals surface area contributed by atoms with Crippen LogP contribution >= 0.6 is 11.6 Å². The first-order valence-electron chi connectivity index (χ1n) is 5.34. The lowest BCUT2D eigenvalue weighted by molar-refractivity contribution is -0.126. The fourth-order valence-corrected chi connectivity index (χ4v) is 1.74. The molecule has 0 N–H and O–H groups in total. The third-order valence-electron chi connectivity index (χ3n) is 2.64. The van der Waals surface area contributed by atoms with Gasteiger partial charge in [0.1, 0.15) is 5.78 Å². The van der Waals surface area contributed by atoms with E-state index in [1.165, 1.54) is 0 Å². The minimum atomic E-state index is -0.345. The molecular weight excluding hydrogens is 220 g/mol. The fourth-order valence-electron chi connectivity index (χ4n) is 1.62. The fraction of sp³-hybridized carbons (Fsp3) is 0.357. The summed E-state index contributed by atoms with van der Waals surface area (Å²) in [5.74, 6) is 0.220. The van der Waals surface area contributed by atoms with Gasteiger partial charge >= 0.3 is 0 Å². The van der Waals surface area contributed by atoms with Gasteiger partial charge in [-0.05, 0) is 24.1 Å². The van der Waals surface area contributed by atoms with E-state index in [4.69, 9.17) is 11.6 Å². The minimum absolute atomic E-state index is 0.220. The Bertz CT molecular complexity index is 376. The molecule has 0 unspecified atom stereocenters. The smallest absolute Gasteiger partial charge is 0.142 e. The lowest BCUT2D eigenvalue weighted by Gasteiger charge is -2.22. The number of hydrogen-bond donors (Lipinski definition) is 0. The largest absolute Gasteiger partial charge is 0.299 e. The molecule has 0 radical (unpaired) electrons. The second-order valence-electron chi connectivity index (χ2n) is 4.60. The van der Waals surface area contributed by atoms with Crippen LogP contribution in [0.3, 0.4) is 0 Å². The highest BCUT2D eigenvalue weighted by Crippen LogP contribution is 2.25. The first-order chi connectivity index (χ1) is 7.45. The summed E-state index contributed by atoms with van der Waals surface area (Å²) in [7, 11) is 0. The molecular formula is C14H17ClO. The Morgan fingerprint density at radius 2 is 1.94 bits per heavy atom. The molecule has 0 heterocycles. The number of carbonyl (C=O) groups excluding carboxylic acids is 1.